The molecule has 114 valence electrons. The molecule has 1 heterocycles. The molecule has 1 amide bonds. The zero-order valence-corrected chi connectivity index (χ0v) is 11.8. The number of aromatic carboxylic acids is 1. The van der Waals surface area contributed by atoms with Crippen LogP contribution in [-0.4, -0.2) is 40.8 Å². The summed E-state index contributed by atoms with van der Waals surface area (Å²) in [6.07, 6.45) is -0.0670. The lowest BCUT2D eigenvalue weighted by Gasteiger charge is -2.26. The Morgan fingerprint density at radius 3 is 2.57 bits per heavy atom. The Balaban J connectivity index is 1.95. The van der Waals surface area contributed by atoms with E-state index in [0.717, 1.165) is 0 Å². The van der Waals surface area contributed by atoms with Crippen LogP contribution in [0.25, 0.3) is 0 Å². The average molecular weight is 295 g/mol. The molecule has 21 heavy (non-hydrogen) atoms. The van der Waals surface area contributed by atoms with Gasteiger partial charge in [0, 0.05) is 6.42 Å². The Morgan fingerprint density at radius 2 is 2.00 bits per heavy atom. The van der Waals surface area contributed by atoms with Gasteiger partial charge >= 0.3 is 5.97 Å². The van der Waals surface area contributed by atoms with Gasteiger partial charge in [-0.25, -0.2) is 9.18 Å². The van der Waals surface area contributed by atoms with Crippen LogP contribution in [0, 0.1) is 0 Å². The van der Waals surface area contributed by atoms with Gasteiger partial charge in [0.1, 0.15) is 12.4 Å². The predicted octanol–water partition coefficient (Wildman–Crippen LogP) is 2.46. The van der Waals surface area contributed by atoms with Crippen LogP contribution in [-0.2, 0) is 4.79 Å². The van der Waals surface area contributed by atoms with Crippen molar-refractivity contribution in [1.82, 2.24) is 4.90 Å². The lowest BCUT2D eigenvalue weighted by molar-refractivity contribution is -0.137. The maximum Gasteiger partial charge on any atom is 0.335 e. The highest BCUT2D eigenvalue weighted by atomic mass is 19.1. The minimum absolute atomic E-state index is 0.176. The molecule has 0 radical (unpaired) electrons. The first-order valence-corrected chi connectivity index (χ1v) is 6.94. The first-order chi connectivity index (χ1) is 10.0. The van der Waals surface area contributed by atoms with E-state index in [1.54, 1.807) is 19.1 Å². The van der Waals surface area contributed by atoms with Crippen LogP contribution in [0.4, 0.5) is 4.39 Å². The van der Waals surface area contributed by atoms with E-state index in [-0.39, 0.29) is 30.5 Å². The summed E-state index contributed by atoms with van der Waals surface area (Å²) in [5.41, 5.74) is 0.176. The van der Waals surface area contributed by atoms with E-state index in [1.807, 2.05) is 0 Å². The number of likely N-dealkylation sites (tertiary alicyclic amines) is 1. The lowest BCUT2D eigenvalue weighted by atomic mass is 10.2. The molecule has 6 heteroatoms. The number of rotatable bonds is 5. The van der Waals surface area contributed by atoms with Gasteiger partial charge in [0.05, 0.1) is 11.6 Å². The number of carbonyl (C=O) groups is 2. The quantitative estimate of drug-likeness (QED) is 0.847. The molecule has 1 N–H and O–H groups in total. The summed E-state index contributed by atoms with van der Waals surface area (Å²) >= 11 is 0. The molecule has 1 aliphatic rings. The van der Waals surface area contributed by atoms with Gasteiger partial charge in [-0.2, -0.15) is 0 Å². The number of halogens is 1. The number of hydrogen-bond donors (Lipinski definition) is 1. The molecule has 0 spiro atoms. The van der Waals surface area contributed by atoms with Gasteiger partial charge in [-0.3, -0.25) is 4.79 Å². The number of carboxylic acid groups (broad SMARTS) is 1. The summed E-state index contributed by atoms with van der Waals surface area (Å²) in [4.78, 5) is 23.7. The van der Waals surface area contributed by atoms with Crippen LogP contribution in [0.2, 0.25) is 0 Å². The molecule has 5 nitrogen and oxygen atoms in total. The van der Waals surface area contributed by atoms with E-state index < -0.39 is 12.3 Å². The van der Waals surface area contributed by atoms with Gasteiger partial charge in [-0.15, -0.1) is 0 Å². The molecule has 0 aromatic heterocycles. The maximum atomic E-state index is 13.7. The van der Waals surface area contributed by atoms with Gasteiger partial charge in [0.25, 0.3) is 0 Å². The fraction of sp³-hybridized carbons (Fsp3) is 0.467. The summed E-state index contributed by atoms with van der Waals surface area (Å²) < 4.78 is 19.3. The van der Waals surface area contributed by atoms with Crippen molar-refractivity contribution in [3.63, 3.8) is 0 Å². The van der Waals surface area contributed by atoms with Crippen molar-refractivity contribution >= 4 is 11.9 Å². The number of hydrogen-bond acceptors (Lipinski definition) is 3. The summed E-state index contributed by atoms with van der Waals surface area (Å²) in [7, 11) is 0. The lowest BCUT2D eigenvalue weighted by Crippen LogP contribution is -2.41. The Morgan fingerprint density at radius 1 is 1.33 bits per heavy atom. The van der Waals surface area contributed by atoms with Crippen LogP contribution < -0.4 is 4.74 Å². The molecule has 0 bridgehead atoms. The van der Waals surface area contributed by atoms with Crippen LogP contribution in [0.5, 0.6) is 5.75 Å². The third kappa shape index (κ3) is 3.51. The van der Waals surface area contributed by atoms with Crippen LogP contribution in [0.3, 0.4) is 0 Å². The number of alkyl halides is 1. The smallest absolute Gasteiger partial charge is 0.335 e. The van der Waals surface area contributed by atoms with Crippen molar-refractivity contribution in [2.24, 2.45) is 0 Å². The zero-order valence-electron chi connectivity index (χ0n) is 11.8. The normalized spacial score (nSPS) is 21.3. The van der Waals surface area contributed by atoms with Crippen molar-refractivity contribution in [1.29, 1.82) is 0 Å². The molecule has 2 rings (SSSR count). The number of nitrogens with zero attached hydrogens (tertiary/aromatic N) is 1. The second-order valence-electron chi connectivity index (χ2n) is 4.96. The monoisotopic (exact) mass is 295 g/mol. The number of benzene rings is 1. The molecule has 0 aliphatic carbocycles. The molecule has 1 aromatic rings. The highest BCUT2D eigenvalue weighted by Gasteiger charge is 2.36. The molecule has 1 saturated heterocycles. The standard InChI is InChI=1S/C15H18FNO4/c1-2-14(18)17-11(5-8-13(17)16)9-21-12-6-3-10(4-7-12)15(19)20/h3-4,6-7,11,13H,2,5,8-9H2,1H3,(H,19,20)/t11-,13+/m0/s1. The van der Waals surface area contributed by atoms with Crippen molar-refractivity contribution in [3.05, 3.63) is 29.8 Å². The second kappa shape index (κ2) is 6.56. The SMILES string of the molecule is CCC(=O)N1[C@H](COc2ccc(C(=O)O)cc2)CC[C@@H]1F. The van der Waals surface area contributed by atoms with Crippen LogP contribution in [0.1, 0.15) is 36.5 Å². The molecule has 0 saturated carbocycles. The van der Waals surface area contributed by atoms with E-state index in [1.165, 1.54) is 17.0 Å². The first kappa shape index (κ1) is 15.3. The molecule has 1 fully saturated rings. The van der Waals surface area contributed by atoms with Gasteiger partial charge in [0.2, 0.25) is 5.91 Å². The van der Waals surface area contributed by atoms with E-state index in [2.05, 4.69) is 0 Å². The molecule has 0 unspecified atom stereocenters. The second-order valence-corrected chi connectivity index (χ2v) is 4.96. The highest BCUT2D eigenvalue weighted by Crippen LogP contribution is 2.26. The number of amides is 1. The molecule has 1 aliphatic heterocycles. The van der Waals surface area contributed by atoms with E-state index in [9.17, 15) is 14.0 Å². The van der Waals surface area contributed by atoms with E-state index in [0.29, 0.717) is 18.6 Å². The maximum absolute atomic E-state index is 13.7. The average Bonchev–Trinajstić information content (AvgIpc) is 2.85. The number of carboxylic acids is 1. The van der Waals surface area contributed by atoms with Gasteiger partial charge in [-0.1, -0.05) is 6.92 Å². The van der Waals surface area contributed by atoms with Crippen LogP contribution >= 0.6 is 0 Å². The van der Waals surface area contributed by atoms with Gasteiger partial charge in [0.15, 0.2) is 6.30 Å². The fourth-order valence-electron chi connectivity index (χ4n) is 2.43. The van der Waals surface area contributed by atoms with Crippen molar-refractivity contribution in [2.75, 3.05) is 6.61 Å². The third-order valence-corrected chi connectivity index (χ3v) is 3.57. The molecular formula is C15H18FNO4. The zero-order chi connectivity index (χ0) is 15.4. The Hall–Kier alpha value is -2.11. The predicted molar refractivity (Wildman–Crippen MR) is 74.0 cm³/mol. The topological polar surface area (TPSA) is 66.8 Å². The third-order valence-electron chi connectivity index (χ3n) is 3.57. The van der Waals surface area contributed by atoms with E-state index in [4.69, 9.17) is 9.84 Å². The largest absolute Gasteiger partial charge is 0.491 e. The summed E-state index contributed by atoms with van der Waals surface area (Å²) in [6.45, 7) is 1.91. The Bertz CT molecular complexity index is 517. The number of ether oxygens (including phenoxy) is 1. The van der Waals surface area contributed by atoms with E-state index >= 15 is 0 Å². The Labute approximate surface area is 122 Å². The van der Waals surface area contributed by atoms with Gasteiger partial charge < -0.3 is 14.7 Å². The van der Waals surface area contributed by atoms with Crippen molar-refractivity contribution in [3.8, 4) is 5.75 Å². The van der Waals surface area contributed by atoms with Gasteiger partial charge in [-0.05, 0) is 37.1 Å². The molecule has 2 atom stereocenters. The van der Waals surface area contributed by atoms with Crippen molar-refractivity contribution in [2.45, 2.75) is 38.5 Å². The molecular weight excluding hydrogens is 277 g/mol. The minimum atomic E-state index is -1.24. The fourth-order valence-corrected chi connectivity index (χ4v) is 2.43. The number of carbonyl (C=O) groups excluding carboxylic acids is 1. The first-order valence-electron chi connectivity index (χ1n) is 6.94. The van der Waals surface area contributed by atoms with Crippen LogP contribution in [0.15, 0.2) is 24.3 Å². The summed E-state index contributed by atoms with van der Waals surface area (Å²) in [6, 6.07) is 5.72. The highest BCUT2D eigenvalue weighted by molar-refractivity contribution is 5.87. The summed E-state index contributed by atoms with van der Waals surface area (Å²) in [5.74, 6) is -0.710. The molecule has 1 aromatic carbocycles. The van der Waals surface area contributed by atoms with Crippen molar-refractivity contribution < 1.29 is 23.8 Å². The minimum Gasteiger partial charge on any atom is -0.491 e. The Kier molecular flexibility index (Phi) is 4.77. The summed E-state index contributed by atoms with van der Waals surface area (Å²) in [5, 5.41) is 8.80.